The lowest BCUT2D eigenvalue weighted by Gasteiger charge is -2.29. The maximum absolute atomic E-state index is 11.1. The summed E-state index contributed by atoms with van der Waals surface area (Å²) in [5.41, 5.74) is 1.38. The largest absolute Gasteiger partial charge is 0.391 e. The maximum atomic E-state index is 11.1. The van der Waals surface area contributed by atoms with Gasteiger partial charge in [-0.05, 0) is 27.7 Å². The summed E-state index contributed by atoms with van der Waals surface area (Å²) in [6.07, 6.45) is -0.739. The fourth-order valence-electron chi connectivity index (χ4n) is 1.35. The molecule has 1 atom stereocenters. The third-order valence-electron chi connectivity index (χ3n) is 2.86. The molecule has 0 aliphatic rings. The van der Waals surface area contributed by atoms with Crippen LogP contribution in [0.3, 0.4) is 0 Å². The van der Waals surface area contributed by atoms with Crippen molar-refractivity contribution in [2.75, 3.05) is 10.7 Å². The van der Waals surface area contributed by atoms with Crippen LogP contribution in [0.25, 0.3) is 0 Å². The van der Waals surface area contributed by atoms with Gasteiger partial charge in [-0.15, -0.1) is 0 Å². The van der Waals surface area contributed by atoms with Gasteiger partial charge < -0.3 is 10.4 Å². The van der Waals surface area contributed by atoms with Gasteiger partial charge in [0.15, 0.2) is 0 Å². The molecule has 9 nitrogen and oxygen atoms in total. The second-order valence-electron chi connectivity index (χ2n) is 4.75. The molecule has 0 radical (unpaired) electrons. The molecule has 5 N–H and O–H groups in total. The van der Waals surface area contributed by atoms with Gasteiger partial charge in [0.05, 0.1) is 16.6 Å². The zero-order valence-corrected chi connectivity index (χ0v) is 11.3. The molecule has 1 rings (SSSR count). The molecule has 1 heterocycles. The number of aromatic nitrogens is 2. The molecule has 106 valence electrons. The van der Waals surface area contributed by atoms with E-state index in [9.17, 15) is 15.2 Å². The highest BCUT2D eigenvalue weighted by molar-refractivity contribution is 5.61. The highest BCUT2D eigenvalue weighted by Gasteiger charge is 2.30. The molecule has 1 unspecified atom stereocenters. The Morgan fingerprint density at radius 1 is 1.47 bits per heavy atom. The Morgan fingerprint density at radius 2 is 2.05 bits per heavy atom. The van der Waals surface area contributed by atoms with Crippen molar-refractivity contribution in [3.63, 3.8) is 0 Å². The first-order valence-corrected chi connectivity index (χ1v) is 5.65. The van der Waals surface area contributed by atoms with Crippen LogP contribution in [0.1, 0.15) is 26.5 Å². The third-order valence-corrected chi connectivity index (χ3v) is 2.86. The van der Waals surface area contributed by atoms with E-state index in [0.29, 0.717) is 0 Å². The Balaban J connectivity index is 3.31. The molecule has 0 aromatic carbocycles. The van der Waals surface area contributed by atoms with E-state index in [1.807, 2.05) is 0 Å². The number of hydrogen-bond donors (Lipinski definition) is 4. The normalized spacial score (nSPS) is 12.9. The van der Waals surface area contributed by atoms with E-state index in [2.05, 4.69) is 20.7 Å². The Kier molecular flexibility index (Phi) is 4.22. The average Bonchev–Trinajstić information content (AvgIpc) is 2.26. The van der Waals surface area contributed by atoms with Crippen molar-refractivity contribution in [2.45, 2.75) is 39.3 Å². The number of anilines is 2. The average molecular weight is 270 g/mol. The molecule has 0 aliphatic carbocycles. The highest BCUT2D eigenvalue weighted by Crippen LogP contribution is 2.29. The fraction of sp³-hybridized carbons (Fsp3) is 0.600. The van der Waals surface area contributed by atoms with Gasteiger partial charge in [0.2, 0.25) is 11.8 Å². The second-order valence-corrected chi connectivity index (χ2v) is 4.75. The van der Waals surface area contributed by atoms with Gasteiger partial charge >= 0.3 is 5.69 Å². The van der Waals surface area contributed by atoms with Crippen LogP contribution in [0.2, 0.25) is 0 Å². The van der Waals surface area contributed by atoms with Crippen molar-refractivity contribution in [3.8, 4) is 0 Å². The molecule has 9 heteroatoms. The SMILES string of the molecule is Cc1nc(NN)nc(NC(C)(C)C(C)O)c1[N+](=O)[O-]. The number of hydrazine groups is 1. The quantitative estimate of drug-likeness (QED) is 0.345. The van der Waals surface area contributed by atoms with Crippen molar-refractivity contribution in [2.24, 2.45) is 5.84 Å². The Hall–Kier alpha value is -2.00. The minimum Gasteiger partial charge on any atom is -0.391 e. The van der Waals surface area contributed by atoms with Gasteiger partial charge in [0, 0.05) is 0 Å². The molecule has 0 fully saturated rings. The van der Waals surface area contributed by atoms with E-state index in [1.54, 1.807) is 20.8 Å². The minimum atomic E-state index is -0.794. The summed E-state index contributed by atoms with van der Waals surface area (Å²) in [6, 6.07) is 0. The summed E-state index contributed by atoms with van der Waals surface area (Å²) >= 11 is 0. The first-order valence-electron chi connectivity index (χ1n) is 5.65. The fourth-order valence-corrected chi connectivity index (χ4v) is 1.35. The van der Waals surface area contributed by atoms with Crippen LogP contribution in [-0.4, -0.2) is 31.6 Å². The molecular formula is C10H18N6O3. The van der Waals surface area contributed by atoms with Crippen molar-refractivity contribution in [1.82, 2.24) is 9.97 Å². The van der Waals surface area contributed by atoms with Crippen molar-refractivity contribution < 1.29 is 10.0 Å². The van der Waals surface area contributed by atoms with E-state index < -0.39 is 16.6 Å². The van der Waals surface area contributed by atoms with Gasteiger partial charge in [-0.25, -0.2) is 10.8 Å². The van der Waals surface area contributed by atoms with E-state index in [0.717, 1.165) is 0 Å². The molecular weight excluding hydrogens is 252 g/mol. The van der Waals surface area contributed by atoms with E-state index >= 15 is 0 Å². The minimum absolute atomic E-state index is 0.0105. The number of nitrogens with two attached hydrogens (primary N) is 1. The number of aliphatic hydroxyl groups excluding tert-OH is 1. The third kappa shape index (κ3) is 3.26. The molecule has 0 saturated heterocycles. The lowest BCUT2D eigenvalue weighted by atomic mass is 9.99. The van der Waals surface area contributed by atoms with Gasteiger partial charge in [0.1, 0.15) is 5.69 Å². The molecule has 0 amide bonds. The van der Waals surface area contributed by atoms with Crippen LogP contribution < -0.4 is 16.6 Å². The van der Waals surface area contributed by atoms with Gasteiger partial charge in [-0.1, -0.05) is 0 Å². The van der Waals surface area contributed by atoms with E-state index in [1.165, 1.54) is 6.92 Å². The predicted octanol–water partition coefficient (Wildman–Crippen LogP) is 0.550. The molecule has 0 bridgehead atoms. The first kappa shape index (κ1) is 15.1. The molecule has 0 saturated carbocycles. The zero-order valence-electron chi connectivity index (χ0n) is 11.3. The van der Waals surface area contributed by atoms with E-state index in [-0.39, 0.29) is 23.1 Å². The first-order chi connectivity index (χ1) is 8.69. The van der Waals surface area contributed by atoms with Gasteiger partial charge in [-0.3, -0.25) is 15.5 Å². The number of nitrogen functional groups attached to an aromatic ring is 1. The molecule has 1 aromatic heterocycles. The van der Waals surface area contributed by atoms with Crippen LogP contribution in [0.5, 0.6) is 0 Å². The van der Waals surface area contributed by atoms with Gasteiger partial charge in [0.25, 0.3) is 0 Å². The lowest BCUT2D eigenvalue weighted by molar-refractivity contribution is -0.385. The summed E-state index contributed by atoms with van der Waals surface area (Å²) in [7, 11) is 0. The number of nitro groups is 1. The monoisotopic (exact) mass is 270 g/mol. The number of aryl methyl sites for hydroxylation is 1. The number of nitrogens with one attached hydrogen (secondary N) is 2. The Morgan fingerprint density at radius 3 is 2.47 bits per heavy atom. The predicted molar refractivity (Wildman–Crippen MR) is 70.6 cm³/mol. The van der Waals surface area contributed by atoms with Gasteiger partial charge in [-0.2, -0.15) is 4.98 Å². The van der Waals surface area contributed by atoms with Crippen LogP contribution in [0.4, 0.5) is 17.5 Å². The number of aliphatic hydroxyl groups is 1. The van der Waals surface area contributed by atoms with E-state index in [4.69, 9.17) is 5.84 Å². The summed E-state index contributed by atoms with van der Waals surface area (Å²) in [5, 5.41) is 23.6. The van der Waals surface area contributed by atoms with Crippen LogP contribution >= 0.6 is 0 Å². The standard InChI is InChI=1S/C10H18N6O3/c1-5-7(16(18)19)8(13-9(12-5)15-11)14-10(3,4)6(2)17/h6,17H,11H2,1-4H3,(H2,12,13,14,15). The van der Waals surface area contributed by atoms with Crippen LogP contribution in [-0.2, 0) is 0 Å². The smallest absolute Gasteiger partial charge is 0.332 e. The van der Waals surface area contributed by atoms with Crippen molar-refractivity contribution in [3.05, 3.63) is 15.8 Å². The highest BCUT2D eigenvalue weighted by atomic mass is 16.6. The number of rotatable bonds is 5. The summed E-state index contributed by atoms with van der Waals surface area (Å²) < 4.78 is 0. The molecule has 1 aromatic rings. The van der Waals surface area contributed by atoms with Crippen LogP contribution in [0.15, 0.2) is 0 Å². The number of nitrogens with zero attached hydrogens (tertiary/aromatic N) is 3. The molecule has 19 heavy (non-hydrogen) atoms. The topological polar surface area (TPSA) is 139 Å². The Bertz CT molecular complexity index is 488. The molecule has 0 aliphatic heterocycles. The second kappa shape index (κ2) is 5.33. The Labute approximate surface area is 110 Å². The van der Waals surface area contributed by atoms with Crippen molar-refractivity contribution in [1.29, 1.82) is 0 Å². The lowest BCUT2D eigenvalue weighted by Crippen LogP contribution is -2.42. The summed E-state index contributed by atoms with van der Waals surface area (Å²) in [6.45, 7) is 6.47. The van der Waals surface area contributed by atoms with Crippen molar-refractivity contribution >= 4 is 17.5 Å². The summed E-state index contributed by atoms with van der Waals surface area (Å²) in [4.78, 5) is 18.3. The molecule has 0 spiro atoms. The zero-order chi connectivity index (χ0) is 14.8. The number of hydrogen-bond acceptors (Lipinski definition) is 8. The van der Waals surface area contributed by atoms with Crippen LogP contribution in [0, 0.1) is 17.0 Å². The summed E-state index contributed by atoms with van der Waals surface area (Å²) in [5.74, 6) is 5.29. The maximum Gasteiger partial charge on any atom is 0.332 e.